The van der Waals surface area contributed by atoms with Crippen LogP contribution in [-0.4, -0.2) is 12.8 Å². The van der Waals surface area contributed by atoms with Crippen LogP contribution in [0.25, 0.3) is 0 Å². The van der Waals surface area contributed by atoms with Crippen LogP contribution in [0, 0.1) is 0 Å². The summed E-state index contributed by atoms with van der Waals surface area (Å²) in [5.74, 6) is 0.983. The summed E-state index contributed by atoms with van der Waals surface area (Å²) in [6, 6.07) is 14.6. The van der Waals surface area contributed by atoms with E-state index in [1.807, 2.05) is 12.3 Å². The number of thioether (sulfide) groups is 1. The number of benzene rings is 1. The molecule has 0 atom stereocenters. The van der Waals surface area contributed by atoms with E-state index in [4.69, 9.17) is 0 Å². The number of hydrogen-bond donors (Lipinski definition) is 0. The lowest BCUT2D eigenvalue weighted by Crippen LogP contribution is -2.01. The van der Waals surface area contributed by atoms with Gasteiger partial charge in [-0.25, -0.2) is 0 Å². The van der Waals surface area contributed by atoms with Gasteiger partial charge in [0.1, 0.15) is 7.85 Å². The molecule has 1 heterocycles. The molecule has 74 valence electrons. The molecule has 0 amide bonds. The molecule has 2 rings (SSSR count). The van der Waals surface area contributed by atoms with Crippen LogP contribution in [0.3, 0.4) is 0 Å². The zero-order valence-corrected chi connectivity index (χ0v) is 9.50. The third kappa shape index (κ3) is 3.13. The van der Waals surface area contributed by atoms with Gasteiger partial charge in [0.15, 0.2) is 0 Å². The van der Waals surface area contributed by atoms with Gasteiger partial charge in [-0.1, -0.05) is 41.9 Å². The average molecular weight is 213 g/mol. The maximum absolute atomic E-state index is 4.36. The number of pyridine rings is 1. The van der Waals surface area contributed by atoms with Crippen LogP contribution in [0.5, 0.6) is 0 Å². The Morgan fingerprint density at radius 3 is 2.53 bits per heavy atom. The number of nitrogens with zero attached hydrogens (tertiary/aromatic N) is 1. The minimum atomic E-state index is 0.983. The van der Waals surface area contributed by atoms with Crippen molar-refractivity contribution in [2.75, 3.05) is 0 Å². The SMILES string of the molecule is Bc1ccc(SCc2ccccc2)nc1. The molecule has 0 bridgehead atoms. The van der Waals surface area contributed by atoms with Gasteiger partial charge in [-0.2, -0.15) is 0 Å². The number of aromatic nitrogens is 1. The second kappa shape index (κ2) is 5.03. The Kier molecular flexibility index (Phi) is 3.46. The van der Waals surface area contributed by atoms with Crippen LogP contribution >= 0.6 is 11.8 Å². The molecule has 0 N–H and O–H groups in total. The van der Waals surface area contributed by atoms with Gasteiger partial charge in [0.05, 0.1) is 5.03 Å². The van der Waals surface area contributed by atoms with E-state index in [0.717, 1.165) is 10.8 Å². The van der Waals surface area contributed by atoms with E-state index in [-0.39, 0.29) is 0 Å². The molecular weight excluding hydrogens is 201 g/mol. The predicted octanol–water partition coefficient (Wildman–Crippen LogP) is 1.63. The highest BCUT2D eigenvalue weighted by atomic mass is 32.2. The van der Waals surface area contributed by atoms with E-state index in [1.54, 1.807) is 11.8 Å². The molecule has 0 radical (unpaired) electrons. The maximum Gasteiger partial charge on any atom is 0.141 e. The summed E-state index contributed by atoms with van der Waals surface area (Å²) in [5.41, 5.74) is 2.55. The first-order chi connectivity index (χ1) is 7.34. The van der Waals surface area contributed by atoms with E-state index >= 15 is 0 Å². The van der Waals surface area contributed by atoms with Gasteiger partial charge in [0, 0.05) is 11.9 Å². The van der Waals surface area contributed by atoms with Crippen LogP contribution in [0.1, 0.15) is 5.56 Å². The number of hydrogen-bond acceptors (Lipinski definition) is 2. The fourth-order valence-corrected chi connectivity index (χ4v) is 2.07. The van der Waals surface area contributed by atoms with Gasteiger partial charge >= 0.3 is 0 Å². The van der Waals surface area contributed by atoms with Crippen molar-refractivity contribution in [2.24, 2.45) is 0 Å². The third-order valence-electron chi connectivity index (χ3n) is 2.11. The quantitative estimate of drug-likeness (QED) is 0.567. The Labute approximate surface area is 95.3 Å². The highest BCUT2D eigenvalue weighted by Crippen LogP contribution is 2.19. The largest absolute Gasteiger partial charge is 0.251 e. The van der Waals surface area contributed by atoms with Gasteiger partial charge in [0.25, 0.3) is 0 Å². The monoisotopic (exact) mass is 213 g/mol. The van der Waals surface area contributed by atoms with E-state index in [2.05, 4.69) is 49.2 Å². The van der Waals surface area contributed by atoms with Crippen molar-refractivity contribution in [2.45, 2.75) is 10.8 Å². The molecule has 0 fully saturated rings. The first kappa shape index (κ1) is 10.3. The zero-order chi connectivity index (χ0) is 10.5. The Bertz CT molecular complexity index is 413. The number of rotatable bonds is 3. The van der Waals surface area contributed by atoms with Crippen molar-refractivity contribution in [3.63, 3.8) is 0 Å². The van der Waals surface area contributed by atoms with Gasteiger partial charge in [-0.3, -0.25) is 4.98 Å². The van der Waals surface area contributed by atoms with Crippen molar-refractivity contribution < 1.29 is 0 Å². The maximum atomic E-state index is 4.36. The molecule has 1 nitrogen and oxygen atoms in total. The van der Waals surface area contributed by atoms with Gasteiger partial charge in [-0.15, -0.1) is 11.8 Å². The topological polar surface area (TPSA) is 12.9 Å². The van der Waals surface area contributed by atoms with Crippen molar-refractivity contribution >= 4 is 25.1 Å². The van der Waals surface area contributed by atoms with Crippen molar-refractivity contribution in [1.82, 2.24) is 4.98 Å². The van der Waals surface area contributed by atoms with E-state index in [0.29, 0.717) is 0 Å². The molecule has 0 aliphatic rings. The predicted molar refractivity (Wildman–Crippen MR) is 68.4 cm³/mol. The molecular formula is C12H12BNS. The lowest BCUT2D eigenvalue weighted by atomic mass is 9.99. The molecule has 1 aromatic heterocycles. The van der Waals surface area contributed by atoms with E-state index in [1.165, 1.54) is 11.0 Å². The zero-order valence-electron chi connectivity index (χ0n) is 8.68. The Balaban J connectivity index is 1.96. The van der Waals surface area contributed by atoms with Crippen molar-refractivity contribution in [1.29, 1.82) is 0 Å². The normalized spacial score (nSPS) is 10.1. The fraction of sp³-hybridized carbons (Fsp3) is 0.0833. The lowest BCUT2D eigenvalue weighted by Gasteiger charge is -2.01. The summed E-state index contributed by atoms with van der Waals surface area (Å²) < 4.78 is 0. The third-order valence-corrected chi connectivity index (χ3v) is 3.13. The molecule has 1 aromatic carbocycles. The summed E-state index contributed by atoms with van der Waals surface area (Å²) in [7, 11) is 2.05. The molecule has 0 saturated heterocycles. The molecule has 3 heteroatoms. The van der Waals surface area contributed by atoms with E-state index in [9.17, 15) is 0 Å². The average Bonchev–Trinajstić information content (AvgIpc) is 2.30. The fourth-order valence-electron chi connectivity index (χ4n) is 1.27. The van der Waals surface area contributed by atoms with Crippen molar-refractivity contribution in [3.05, 3.63) is 54.2 Å². The summed E-state index contributed by atoms with van der Waals surface area (Å²) >= 11 is 1.77. The summed E-state index contributed by atoms with van der Waals surface area (Å²) in [4.78, 5) is 4.36. The smallest absolute Gasteiger partial charge is 0.141 e. The van der Waals surface area contributed by atoms with Crippen molar-refractivity contribution in [3.8, 4) is 0 Å². The summed E-state index contributed by atoms with van der Waals surface area (Å²) in [6.07, 6.45) is 1.91. The van der Waals surface area contributed by atoms with Gasteiger partial charge < -0.3 is 0 Å². The summed E-state index contributed by atoms with van der Waals surface area (Å²) in [6.45, 7) is 0. The molecule has 0 unspecified atom stereocenters. The van der Waals surface area contributed by atoms with Gasteiger partial charge in [-0.05, 0) is 11.6 Å². The molecule has 15 heavy (non-hydrogen) atoms. The van der Waals surface area contributed by atoms with Crippen LogP contribution in [0.4, 0.5) is 0 Å². The van der Waals surface area contributed by atoms with Crippen LogP contribution < -0.4 is 5.46 Å². The molecule has 0 spiro atoms. The molecule has 0 aliphatic carbocycles. The first-order valence-electron chi connectivity index (χ1n) is 4.94. The molecule has 2 aromatic rings. The van der Waals surface area contributed by atoms with E-state index < -0.39 is 0 Å². The Morgan fingerprint density at radius 2 is 1.87 bits per heavy atom. The second-order valence-corrected chi connectivity index (χ2v) is 4.44. The first-order valence-corrected chi connectivity index (χ1v) is 5.92. The van der Waals surface area contributed by atoms with Crippen LogP contribution in [-0.2, 0) is 5.75 Å². The minimum Gasteiger partial charge on any atom is -0.251 e. The highest BCUT2D eigenvalue weighted by Gasteiger charge is 1.96. The second-order valence-electron chi connectivity index (χ2n) is 3.45. The van der Waals surface area contributed by atoms with Crippen LogP contribution in [0.2, 0.25) is 0 Å². The Hall–Kier alpha value is -1.22. The lowest BCUT2D eigenvalue weighted by molar-refractivity contribution is 1.14. The minimum absolute atomic E-state index is 0.983. The highest BCUT2D eigenvalue weighted by molar-refractivity contribution is 7.98. The van der Waals surface area contributed by atoms with Crippen LogP contribution in [0.15, 0.2) is 53.7 Å². The molecule has 0 saturated carbocycles. The van der Waals surface area contributed by atoms with Gasteiger partial charge in [0.2, 0.25) is 0 Å². The Morgan fingerprint density at radius 1 is 1.07 bits per heavy atom. The standard InChI is InChI=1S/C12H12BNS/c13-11-6-7-12(14-8-11)15-9-10-4-2-1-3-5-10/h1-8H,9,13H2. The summed E-state index contributed by atoms with van der Waals surface area (Å²) in [5, 5.41) is 1.09. The molecule has 0 aliphatic heterocycles.